The predicted molar refractivity (Wildman–Crippen MR) is 86.7 cm³/mol. The number of hydrogen-bond donors (Lipinski definition) is 0. The average molecular weight is 335 g/mol. The van der Waals surface area contributed by atoms with Gasteiger partial charge in [0.05, 0.1) is 18.1 Å². The van der Waals surface area contributed by atoms with Crippen LogP contribution in [-0.2, 0) is 29.2 Å². The zero-order valence-corrected chi connectivity index (χ0v) is 13.8. The molecular weight excluding hydrogens is 314 g/mol. The minimum Gasteiger partial charge on any atom is -0.338 e. The lowest BCUT2D eigenvalue weighted by atomic mass is 10.1. The monoisotopic (exact) mass is 335 g/mol. The molecular formula is C16H21N3O3S. The van der Waals surface area contributed by atoms with E-state index in [2.05, 4.69) is 27.2 Å². The third kappa shape index (κ3) is 4.87. The van der Waals surface area contributed by atoms with Gasteiger partial charge in [-0.05, 0) is 24.9 Å². The van der Waals surface area contributed by atoms with Gasteiger partial charge in [0.25, 0.3) is 0 Å². The van der Waals surface area contributed by atoms with Crippen molar-refractivity contribution in [3.05, 3.63) is 47.6 Å². The Kier molecular flexibility index (Phi) is 5.07. The molecule has 2 heterocycles. The predicted octanol–water partition coefficient (Wildman–Crippen LogP) is 1.48. The summed E-state index contributed by atoms with van der Waals surface area (Å²) in [5.74, 6) is 1.75. The Bertz CT molecular complexity index is 728. The van der Waals surface area contributed by atoms with Gasteiger partial charge in [-0.3, -0.25) is 4.90 Å². The Morgan fingerprint density at radius 3 is 2.74 bits per heavy atom. The van der Waals surface area contributed by atoms with E-state index in [-0.39, 0.29) is 11.5 Å². The van der Waals surface area contributed by atoms with E-state index in [0.717, 1.165) is 19.4 Å². The van der Waals surface area contributed by atoms with E-state index in [1.165, 1.54) is 5.56 Å². The van der Waals surface area contributed by atoms with E-state index in [1.54, 1.807) is 0 Å². The molecule has 1 aliphatic rings. The molecule has 1 saturated heterocycles. The highest BCUT2D eigenvalue weighted by Gasteiger charge is 2.20. The minimum absolute atomic E-state index is 0.210. The van der Waals surface area contributed by atoms with Crippen LogP contribution >= 0.6 is 0 Å². The SMILES string of the molecule is O=S1(=O)CCCN(Cc2nc(CCc3ccccc3)no2)CC1. The maximum absolute atomic E-state index is 11.6. The summed E-state index contributed by atoms with van der Waals surface area (Å²) in [4.78, 5) is 6.49. The molecule has 0 bridgehead atoms. The van der Waals surface area contributed by atoms with Crippen LogP contribution in [0.5, 0.6) is 0 Å². The number of benzene rings is 1. The van der Waals surface area contributed by atoms with E-state index >= 15 is 0 Å². The maximum atomic E-state index is 11.6. The summed E-state index contributed by atoms with van der Waals surface area (Å²) < 4.78 is 28.5. The van der Waals surface area contributed by atoms with Crippen molar-refractivity contribution < 1.29 is 12.9 Å². The zero-order chi connectivity index (χ0) is 16.1. The molecule has 0 spiro atoms. The first-order chi connectivity index (χ1) is 11.1. The van der Waals surface area contributed by atoms with Gasteiger partial charge in [0, 0.05) is 13.0 Å². The fourth-order valence-corrected chi connectivity index (χ4v) is 4.01. The van der Waals surface area contributed by atoms with Crippen LogP contribution in [0.3, 0.4) is 0 Å². The molecule has 0 amide bonds. The van der Waals surface area contributed by atoms with Gasteiger partial charge in [0.2, 0.25) is 5.89 Å². The van der Waals surface area contributed by atoms with Gasteiger partial charge in [0.15, 0.2) is 15.7 Å². The highest BCUT2D eigenvalue weighted by molar-refractivity contribution is 7.91. The van der Waals surface area contributed by atoms with Gasteiger partial charge in [-0.1, -0.05) is 35.5 Å². The molecule has 6 nitrogen and oxygen atoms in total. The number of aromatic nitrogens is 2. The molecule has 1 aliphatic heterocycles. The summed E-state index contributed by atoms with van der Waals surface area (Å²) in [6, 6.07) is 10.2. The second-order valence-corrected chi connectivity index (χ2v) is 8.18. The van der Waals surface area contributed by atoms with E-state index in [4.69, 9.17) is 4.52 Å². The number of aryl methyl sites for hydroxylation is 2. The number of rotatable bonds is 5. The van der Waals surface area contributed by atoms with Gasteiger partial charge in [0.1, 0.15) is 0 Å². The van der Waals surface area contributed by atoms with Crippen molar-refractivity contribution in [1.82, 2.24) is 15.0 Å². The zero-order valence-electron chi connectivity index (χ0n) is 13.0. The Hall–Kier alpha value is -1.73. The van der Waals surface area contributed by atoms with Crippen LogP contribution in [0, 0.1) is 0 Å². The molecule has 2 aromatic rings. The summed E-state index contributed by atoms with van der Waals surface area (Å²) in [6.07, 6.45) is 2.28. The van der Waals surface area contributed by atoms with Crippen LogP contribution < -0.4 is 0 Å². The lowest BCUT2D eigenvalue weighted by molar-refractivity contribution is 0.240. The summed E-state index contributed by atoms with van der Waals surface area (Å²) in [7, 11) is -2.89. The summed E-state index contributed by atoms with van der Waals surface area (Å²) in [5, 5.41) is 4.02. The minimum atomic E-state index is -2.89. The first kappa shape index (κ1) is 16.1. The van der Waals surface area contributed by atoms with E-state index in [9.17, 15) is 8.42 Å². The van der Waals surface area contributed by atoms with Crippen molar-refractivity contribution in [3.63, 3.8) is 0 Å². The molecule has 0 radical (unpaired) electrons. The maximum Gasteiger partial charge on any atom is 0.240 e. The molecule has 23 heavy (non-hydrogen) atoms. The summed E-state index contributed by atoms with van der Waals surface area (Å²) in [6.45, 7) is 1.80. The van der Waals surface area contributed by atoms with Gasteiger partial charge >= 0.3 is 0 Å². The third-order valence-corrected chi connectivity index (χ3v) is 5.71. The summed E-state index contributed by atoms with van der Waals surface area (Å²) in [5.41, 5.74) is 1.25. The van der Waals surface area contributed by atoms with Gasteiger partial charge in [-0.2, -0.15) is 4.98 Å². The standard InChI is InChI=1S/C16H21N3O3S/c20-23(21)11-4-9-19(10-12-23)13-16-17-15(18-22-16)8-7-14-5-2-1-3-6-14/h1-3,5-6H,4,7-13H2. The van der Waals surface area contributed by atoms with Crippen molar-refractivity contribution in [1.29, 1.82) is 0 Å². The largest absolute Gasteiger partial charge is 0.338 e. The fraction of sp³-hybridized carbons (Fsp3) is 0.500. The van der Waals surface area contributed by atoms with Crippen molar-refractivity contribution in [2.75, 3.05) is 24.6 Å². The Morgan fingerprint density at radius 2 is 1.91 bits per heavy atom. The first-order valence-corrected chi connectivity index (χ1v) is 9.71. The van der Waals surface area contributed by atoms with Crippen molar-refractivity contribution >= 4 is 9.84 Å². The average Bonchev–Trinajstić information content (AvgIpc) is 2.91. The van der Waals surface area contributed by atoms with Crippen LogP contribution in [0.2, 0.25) is 0 Å². The van der Waals surface area contributed by atoms with Crippen molar-refractivity contribution in [2.45, 2.75) is 25.8 Å². The lowest BCUT2D eigenvalue weighted by Gasteiger charge is -2.15. The molecule has 0 atom stereocenters. The number of nitrogens with zero attached hydrogens (tertiary/aromatic N) is 3. The highest BCUT2D eigenvalue weighted by Crippen LogP contribution is 2.10. The molecule has 1 fully saturated rings. The molecule has 1 aromatic heterocycles. The topological polar surface area (TPSA) is 76.3 Å². The lowest BCUT2D eigenvalue weighted by Crippen LogP contribution is -2.26. The Morgan fingerprint density at radius 1 is 1.09 bits per heavy atom. The molecule has 0 saturated carbocycles. The fourth-order valence-electron chi connectivity index (χ4n) is 2.70. The molecule has 0 aliphatic carbocycles. The molecule has 1 aromatic carbocycles. The Balaban J connectivity index is 1.53. The Labute approximate surface area is 136 Å². The summed E-state index contributed by atoms with van der Waals surface area (Å²) >= 11 is 0. The molecule has 0 N–H and O–H groups in total. The van der Waals surface area contributed by atoms with Crippen molar-refractivity contribution in [2.24, 2.45) is 0 Å². The molecule has 124 valence electrons. The second-order valence-electron chi connectivity index (χ2n) is 5.87. The normalized spacial score (nSPS) is 18.6. The highest BCUT2D eigenvalue weighted by atomic mass is 32.2. The second kappa shape index (κ2) is 7.23. The smallest absolute Gasteiger partial charge is 0.240 e. The van der Waals surface area contributed by atoms with Gasteiger partial charge in [-0.25, -0.2) is 8.42 Å². The van der Waals surface area contributed by atoms with Crippen LogP contribution in [0.25, 0.3) is 0 Å². The van der Waals surface area contributed by atoms with Gasteiger partial charge in [-0.15, -0.1) is 0 Å². The number of sulfone groups is 1. The van der Waals surface area contributed by atoms with E-state index in [1.807, 2.05) is 18.2 Å². The van der Waals surface area contributed by atoms with Crippen LogP contribution in [0.4, 0.5) is 0 Å². The molecule has 0 unspecified atom stereocenters. The quantitative estimate of drug-likeness (QED) is 0.824. The third-order valence-electron chi connectivity index (χ3n) is 4.00. The number of hydrogen-bond acceptors (Lipinski definition) is 6. The van der Waals surface area contributed by atoms with E-state index in [0.29, 0.717) is 31.2 Å². The van der Waals surface area contributed by atoms with Gasteiger partial charge < -0.3 is 4.52 Å². The van der Waals surface area contributed by atoms with E-state index < -0.39 is 9.84 Å². The van der Waals surface area contributed by atoms with Crippen molar-refractivity contribution in [3.8, 4) is 0 Å². The van der Waals surface area contributed by atoms with Crippen LogP contribution in [0.15, 0.2) is 34.9 Å². The molecule has 7 heteroatoms. The first-order valence-electron chi connectivity index (χ1n) is 7.89. The van der Waals surface area contributed by atoms with Crippen LogP contribution in [0.1, 0.15) is 23.7 Å². The van der Waals surface area contributed by atoms with Crippen LogP contribution in [-0.4, -0.2) is 48.1 Å². The molecule has 3 rings (SSSR count).